The SMILES string of the molecule is CCC(C)(CNCC(C)C)CN1CCC(CC)(CC)CC1. The lowest BCUT2D eigenvalue weighted by Crippen LogP contribution is -2.47. The van der Waals surface area contributed by atoms with Gasteiger partial charge in [0, 0.05) is 13.1 Å². The van der Waals surface area contributed by atoms with Crippen LogP contribution in [0.25, 0.3) is 0 Å². The Morgan fingerprint density at radius 3 is 2.10 bits per heavy atom. The fraction of sp³-hybridized carbons (Fsp3) is 1.00. The molecule has 0 amide bonds. The molecule has 2 heteroatoms. The predicted octanol–water partition coefficient (Wildman–Crippen LogP) is 4.55. The van der Waals surface area contributed by atoms with E-state index < -0.39 is 0 Å². The molecule has 0 aromatic carbocycles. The average molecular weight is 297 g/mol. The Morgan fingerprint density at radius 2 is 1.67 bits per heavy atom. The van der Waals surface area contributed by atoms with Crippen LogP contribution in [0.5, 0.6) is 0 Å². The standard InChI is InChI=1S/C19H40N2/c1-7-18(6,15-20-14-17(4)5)16-21-12-10-19(8-2,9-3)11-13-21/h17,20H,7-16H2,1-6H3. The Hall–Kier alpha value is -0.0800. The van der Waals surface area contributed by atoms with Gasteiger partial charge in [-0.1, -0.05) is 54.4 Å². The van der Waals surface area contributed by atoms with Crippen LogP contribution in [0.4, 0.5) is 0 Å². The van der Waals surface area contributed by atoms with Gasteiger partial charge < -0.3 is 10.2 Å². The summed E-state index contributed by atoms with van der Waals surface area (Å²) in [5, 5.41) is 3.68. The second-order valence-corrected chi connectivity index (χ2v) is 8.17. The molecular weight excluding hydrogens is 256 g/mol. The Labute approximate surface area is 134 Å². The van der Waals surface area contributed by atoms with Crippen LogP contribution in [-0.4, -0.2) is 37.6 Å². The van der Waals surface area contributed by atoms with Crippen LogP contribution >= 0.6 is 0 Å². The molecule has 0 spiro atoms. The van der Waals surface area contributed by atoms with Crippen LogP contribution in [0.15, 0.2) is 0 Å². The second kappa shape index (κ2) is 8.53. The second-order valence-electron chi connectivity index (χ2n) is 8.17. The molecule has 126 valence electrons. The van der Waals surface area contributed by atoms with Gasteiger partial charge in [0.2, 0.25) is 0 Å². The van der Waals surface area contributed by atoms with Gasteiger partial charge in [0.05, 0.1) is 0 Å². The molecule has 1 rings (SSSR count). The largest absolute Gasteiger partial charge is 0.316 e. The molecule has 1 aliphatic heterocycles. The lowest BCUT2D eigenvalue weighted by Gasteiger charge is -2.44. The van der Waals surface area contributed by atoms with Crippen molar-refractivity contribution in [3.8, 4) is 0 Å². The zero-order valence-electron chi connectivity index (χ0n) is 15.6. The molecule has 1 N–H and O–H groups in total. The normalized spacial score (nSPS) is 22.4. The number of nitrogens with one attached hydrogen (secondary N) is 1. The zero-order chi connectivity index (χ0) is 15.9. The molecule has 1 fully saturated rings. The number of hydrogen-bond donors (Lipinski definition) is 1. The molecule has 1 heterocycles. The van der Waals surface area contributed by atoms with E-state index in [4.69, 9.17) is 0 Å². The van der Waals surface area contributed by atoms with Gasteiger partial charge in [0.15, 0.2) is 0 Å². The third kappa shape index (κ3) is 5.90. The van der Waals surface area contributed by atoms with Crippen molar-refractivity contribution in [2.45, 2.75) is 73.6 Å². The third-order valence-corrected chi connectivity index (χ3v) is 5.98. The first-order valence-corrected chi connectivity index (χ1v) is 9.31. The van der Waals surface area contributed by atoms with Crippen LogP contribution < -0.4 is 5.32 Å². The molecule has 0 saturated carbocycles. The first-order chi connectivity index (χ1) is 9.88. The van der Waals surface area contributed by atoms with Crippen molar-refractivity contribution in [1.82, 2.24) is 10.2 Å². The maximum Gasteiger partial charge on any atom is 0.00474 e. The number of hydrogen-bond acceptors (Lipinski definition) is 2. The van der Waals surface area contributed by atoms with Gasteiger partial charge in [-0.25, -0.2) is 0 Å². The monoisotopic (exact) mass is 296 g/mol. The highest BCUT2D eigenvalue weighted by molar-refractivity contribution is 4.87. The average Bonchev–Trinajstić information content (AvgIpc) is 2.48. The lowest BCUT2D eigenvalue weighted by molar-refractivity contribution is 0.0627. The van der Waals surface area contributed by atoms with E-state index in [2.05, 4.69) is 51.8 Å². The van der Waals surface area contributed by atoms with E-state index in [-0.39, 0.29) is 0 Å². The van der Waals surface area contributed by atoms with Crippen molar-refractivity contribution in [2.24, 2.45) is 16.7 Å². The number of piperidine rings is 1. The summed E-state index contributed by atoms with van der Waals surface area (Å²) in [6, 6.07) is 0. The summed E-state index contributed by atoms with van der Waals surface area (Å²) in [5.74, 6) is 0.746. The predicted molar refractivity (Wildman–Crippen MR) is 94.8 cm³/mol. The van der Waals surface area contributed by atoms with Gasteiger partial charge in [-0.05, 0) is 55.6 Å². The third-order valence-electron chi connectivity index (χ3n) is 5.98. The summed E-state index contributed by atoms with van der Waals surface area (Å²) >= 11 is 0. The van der Waals surface area contributed by atoms with Crippen molar-refractivity contribution in [2.75, 3.05) is 32.7 Å². The molecule has 2 nitrogen and oxygen atoms in total. The van der Waals surface area contributed by atoms with Gasteiger partial charge in [-0.15, -0.1) is 0 Å². The fourth-order valence-corrected chi connectivity index (χ4v) is 3.64. The molecule has 0 aromatic rings. The van der Waals surface area contributed by atoms with Crippen molar-refractivity contribution in [1.29, 1.82) is 0 Å². The molecule has 1 atom stereocenters. The number of rotatable bonds is 9. The summed E-state index contributed by atoms with van der Waals surface area (Å²) in [5.41, 5.74) is 1.07. The summed E-state index contributed by atoms with van der Waals surface area (Å²) in [6.07, 6.45) is 6.79. The molecule has 0 bridgehead atoms. The lowest BCUT2D eigenvalue weighted by atomic mass is 9.73. The minimum absolute atomic E-state index is 0.424. The smallest absolute Gasteiger partial charge is 0.00474 e. The van der Waals surface area contributed by atoms with E-state index in [1.165, 1.54) is 51.7 Å². The van der Waals surface area contributed by atoms with Crippen LogP contribution in [-0.2, 0) is 0 Å². The van der Waals surface area contributed by atoms with Gasteiger partial charge >= 0.3 is 0 Å². The molecule has 0 aliphatic carbocycles. The summed E-state index contributed by atoms with van der Waals surface area (Å²) in [7, 11) is 0. The Kier molecular flexibility index (Phi) is 7.70. The maximum atomic E-state index is 3.68. The highest BCUT2D eigenvalue weighted by Gasteiger charge is 2.33. The van der Waals surface area contributed by atoms with Crippen molar-refractivity contribution < 1.29 is 0 Å². The van der Waals surface area contributed by atoms with Gasteiger partial charge in [0.25, 0.3) is 0 Å². The molecule has 0 radical (unpaired) electrons. The molecular formula is C19H40N2. The van der Waals surface area contributed by atoms with E-state index >= 15 is 0 Å². The van der Waals surface area contributed by atoms with Gasteiger partial charge in [-0.2, -0.15) is 0 Å². The Bertz CT molecular complexity index is 273. The molecule has 1 aliphatic rings. The van der Waals surface area contributed by atoms with E-state index in [9.17, 15) is 0 Å². The van der Waals surface area contributed by atoms with E-state index in [0.717, 1.165) is 19.0 Å². The Morgan fingerprint density at radius 1 is 1.10 bits per heavy atom. The van der Waals surface area contributed by atoms with Crippen LogP contribution in [0, 0.1) is 16.7 Å². The van der Waals surface area contributed by atoms with E-state index in [1.807, 2.05) is 0 Å². The first-order valence-electron chi connectivity index (χ1n) is 9.31. The minimum atomic E-state index is 0.424. The quantitative estimate of drug-likeness (QED) is 0.671. The highest BCUT2D eigenvalue weighted by atomic mass is 15.1. The van der Waals surface area contributed by atoms with Crippen molar-refractivity contribution in [3.63, 3.8) is 0 Å². The minimum Gasteiger partial charge on any atom is -0.316 e. The number of nitrogens with zero attached hydrogens (tertiary/aromatic N) is 1. The highest BCUT2D eigenvalue weighted by Crippen LogP contribution is 2.38. The Balaban J connectivity index is 2.44. The number of likely N-dealkylation sites (tertiary alicyclic amines) is 1. The van der Waals surface area contributed by atoms with Gasteiger partial charge in [-0.3, -0.25) is 0 Å². The fourth-order valence-electron chi connectivity index (χ4n) is 3.64. The van der Waals surface area contributed by atoms with Crippen LogP contribution in [0.3, 0.4) is 0 Å². The molecule has 1 saturated heterocycles. The topological polar surface area (TPSA) is 15.3 Å². The van der Waals surface area contributed by atoms with Crippen molar-refractivity contribution in [3.05, 3.63) is 0 Å². The van der Waals surface area contributed by atoms with E-state index in [0.29, 0.717) is 10.8 Å². The van der Waals surface area contributed by atoms with Crippen molar-refractivity contribution >= 4 is 0 Å². The summed E-state index contributed by atoms with van der Waals surface area (Å²) in [6.45, 7) is 20.3. The van der Waals surface area contributed by atoms with Gasteiger partial charge in [0.1, 0.15) is 0 Å². The zero-order valence-corrected chi connectivity index (χ0v) is 15.6. The van der Waals surface area contributed by atoms with Crippen LogP contribution in [0.2, 0.25) is 0 Å². The van der Waals surface area contributed by atoms with E-state index in [1.54, 1.807) is 0 Å². The summed E-state index contributed by atoms with van der Waals surface area (Å²) in [4.78, 5) is 2.73. The van der Waals surface area contributed by atoms with Crippen LogP contribution in [0.1, 0.15) is 73.6 Å². The summed E-state index contributed by atoms with van der Waals surface area (Å²) < 4.78 is 0. The first kappa shape index (κ1) is 19.0. The molecule has 0 aromatic heterocycles. The molecule has 1 unspecified atom stereocenters. The maximum absolute atomic E-state index is 3.68. The molecule has 21 heavy (non-hydrogen) atoms.